The van der Waals surface area contributed by atoms with Crippen molar-refractivity contribution >= 4 is 44.4 Å². The highest BCUT2D eigenvalue weighted by Crippen LogP contribution is 2.35. The molecule has 8 nitrogen and oxygen atoms in total. The largest absolute Gasteiger partial charge is 0.365 e. The molecule has 3 aromatic rings. The van der Waals surface area contributed by atoms with E-state index in [1.807, 2.05) is 6.07 Å². The third kappa shape index (κ3) is 2.84. The van der Waals surface area contributed by atoms with Crippen LogP contribution in [0.4, 0.5) is 5.69 Å². The number of anilines is 1. The van der Waals surface area contributed by atoms with Crippen LogP contribution in [0.3, 0.4) is 0 Å². The van der Waals surface area contributed by atoms with Gasteiger partial charge in [0.15, 0.2) is 0 Å². The van der Waals surface area contributed by atoms with Crippen LogP contribution in [0.2, 0.25) is 0 Å². The van der Waals surface area contributed by atoms with E-state index in [1.54, 1.807) is 41.3 Å². The predicted octanol–water partition coefficient (Wildman–Crippen LogP) is 2.03. The second-order valence-electron chi connectivity index (χ2n) is 7.07. The smallest absolute Gasteiger partial charge is 0.253 e. The van der Waals surface area contributed by atoms with E-state index in [9.17, 15) is 13.2 Å². The minimum atomic E-state index is -3.59. The summed E-state index contributed by atoms with van der Waals surface area (Å²) < 4.78 is 36.4. The summed E-state index contributed by atoms with van der Waals surface area (Å²) in [5, 5.41) is 3.34. The zero-order valence-electron chi connectivity index (χ0n) is 14.8. The van der Waals surface area contributed by atoms with E-state index in [1.165, 1.54) is 0 Å². The SMILES string of the molecule is O=C(c1ccc2nsnc2c1)N1CCC2(CC1)Nc1ccccc1S(=O)(=O)N2. The molecule has 0 bridgehead atoms. The average molecular weight is 416 g/mol. The Bertz CT molecular complexity index is 1180. The number of carbonyl (C=O) groups is 1. The first-order valence-electron chi connectivity index (χ1n) is 8.89. The quantitative estimate of drug-likeness (QED) is 0.630. The van der Waals surface area contributed by atoms with Crippen LogP contribution in [-0.2, 0) is 10.0 Å². The number of hydrogen-bond donors (Lipinski definition) is 2. The second kappa shape index (κ2) is 6.23. The van der Waals surface area contributed by atoms with E-state index in [4.69, 9.17) is 0 Å². The molecule has 0 saturated carbocycles. The normalized spacial score (nSPS) is 19.9. The van der Waals surface area contributed by atoms with Crippen LogP contribution < -0.4 is 10.0 Å². The van der Waals surface area contributed by atoms with Gasteiger partial charge in [-0.1, -0.05) is 12.1 Å². The van der Waals surface area contributed by atoms with Gasteiger partial charge in [0, 0.05) is 31.5 Å². The molecule has 2 aliphatic rings. The zero-order valence-corrected chi connectivity index (χ0v) is 16.4. The lowest BCUT2D eigenvalue weighted by Gasteiger charge is -2.45. The second-order valence-corrected chi connectivity index (χ2v) is 9.25. The van der Waals surface area contributed by atoms with E-state index in [0.717, 1.165) is 17.2 Å². The maximum Gasteiger partial charge on any atom is 0.253 e. The van der Waals surface area contributed by atoms with Gasteiger partial charge in [-0.05, 0) is 30.3 Å². The van der Waals surface area contributed by atoms with Gasteiger partial charge >= 0.3 is 0 Å². The van der Waals surface area contributed by atoms with Gasteiger partial charge < -0.3 is 10.2 Å². The Morgan fingerprint density at radius 3 is 2.64 bits per heavy atom. The lowest BCUT2D eigenvalue weighted by molar-refractivity contribution is 0.0676. The maximum atomic E-state index is 12.9. The Balaban J connectivity index is 1.35. The van der Waals surface area contributed by atoms with E-state index in [0.29, 0.717) is 42.7 Å². The number of likely N-dealkylation sites (tertiary alicyclic amines) is 1. The lowest BCUT2D eigenvalue weighted by Crippen LogP contribution is -2.62. The van der Waals surface area contributed by atoms with Crippen LogP contribution in [0, 0.1) is 0 Å². The van der Waals surface area contributed by atoms with E-state index in [-0.39, 0.29) is 10.8 Å². The molecule has 28 heavy (non-hydrogen) atoms. The lowest BCUT2D eigenvalue weighted by atomic mass is 9.96. The summed E-state index contributed by atoms with van der Waals surface area (Å²) in [4.78, 5) is 14.9. The van der Waals surface area contributed by atoms with Gasteiger partial charge in [-0.2, -0.15) is 13.5 Å². The standard InChI is InChI=1S/C18H17N5O3S2/c24-17(12-5-6-13-15(11-12)21-27-20-13)23-9-7-18(8-10-23)19-14-3-1-2-4-16(14)28(25,26)22-18/h1-6,11,19,22H,7-10H2. The minimum absolute atomic E-state index is 0.0798. The number of nitrogens with zero attached hydrogens (tertiary/aromatic N) is 3. The number of fused-ring (bicyclic) bond motifs is 2. The summed E-state index contributed by atoms with van der Waals surface area (Å²) in [7, 11) is -3.59. The van der Waals surface area contributed by atoms with Crippen LogP contribution in [0.25, 0.3) is 11.0 Å². The van der Waals surface area contributed by atoms with Gasteiger partial charge in [0.25, 0.3) is 5.91 Å². The van der Waals surface area contributed by atoms with Crippen molar-refractivity contribution in [3.63, 3.8) is 0 Å². The van der Waals surface area contributed by atoms with Crippen molar-refractivity contribution < 1.29 is 13.2 Å². The first-order valence-corrected chi connectivity index (χ1v) is 11.1. The summed E-state index contributed by atoms with van der Waals surface area (Å²) >= 11 is 1.12. The number of benzene rings is 2. The van der Waals surface area contributed by atoms with Crippen molar-refractivity contribution in [1.29, 1.82) is 0 Å². The average Bonchev–Trinajstić information content (AvgIpc) is 3.15. The molecule has 1 aromatic heterocycles. The minimum Gasteiger partial charge on any atom is -0.365 e. The Morgan fingerprint density at radius 2 is 1.82 bits per heavy atom. The summed E-state index contributed by atoms with van der Waals surface area (Å²) in [5.74, 6) is -0.0798. The Labute approximate surface area is 165 Å². The van der Waals surface area contributed by atoms with Crippen molar-refractivity contribution in [1.82, 2.24) is 18.4 Å². The number of carbonyl (C=O) groups excluding carboxylic acids is 1. The summed E-state index contributed by atoms with van der Waals surface area (Å²) in [5.41, 5.74) is 1.88. The molecule has 1 fully saturated rings. The molecular weight excluding hydrogens is 398 g/mol. The number of aromatic nitrogens is 2. The van der Waals surface area contributed by atoms with Crippen LogP contribution in [-0.4, -0.2) is 46.7 Å². The number of nitrogens with one attached hydrogen (secondary N) is 2. The van der Waals surface area contributed by atoms with Crippen molar-refractivity contribution in [3.05, 3.63) is 48.0 Å². The molecule has 1 amide bonds. The van der Waals surface area contributed by atoms with Crippen molar-refractivity contribution in [2.75, 3.05) is 18.4 Å². The molecule has 144 valence electrons. The number of sulfonamides is 1. The molecule has 0 atom stereocenters. The summed E-state index contributed by atoms with van der Waals surface area (Å²) in [6.45, 7) is 0.897. The number of rotatable bonds is 1. The highest BCUT2D eigenvalue weighted by molar-refractivity contribution is 7.89. The molecule has 10 heteroatoms. The predicted molar refractivity (Wildman–Crippen MR) is 106 cm³/mol. The van der Waals surface area contributed by atoms with E-state index < -0.39 is 15.7 Å². The molecule has 1 spiro atoms. The Kier molecular flexibility index (Phi) is 3.90. The number of amides is 1. The first-order chi connectivity index (χ1) is 13.5. The van der Waals surface area contributed by atoms with Gasteiger partial charge in [-0.15, -0.1) is 0 Å². The number of para-hydroxylation sites is 1. The third-order valence-corrected chi connectivity index (χ3v) is 7.44. The van der Waals surface area contributed by atoms with Crippen LogP contribution in [0.1, 0.15) is 23.2 Å². The van der Waals surface area contributed by atoms with Crippen LogP contribution in [0.5, 0.6) is 0 Å². The Hall–Kier alpha value is -2.56. The number of piperidine rings is 1. The Morgan fingerprint density at radius 1 is 1.07 bits per heavy atom. The van der Waals surface area contributed by atoms with Gasteiger partial charge in [-0.25, -0.2) is 8.42 Å². The van der Waals surface area contributed by atoms with Crippen LogP contribution >= 0.6 is 11.7 Å². The van der Waals surface area contributed by atoms with Gasteiger partial charge in [0.1, 0.15) is 21.6 Å². The molecule has 2 aromatic carbocycles. The van der Waals surface area contributed by atoms with Crippen LogP contribution in [0.15, 0.2) is 47.4 Å². The van der Waals surface area contributed by atoms with Gasteiger partial charge in [-0.3, -0.25) is 4.79 Å². The maximum absolute atomic E-state index is 12.9. The topological polar surface area (TPSA) is 104 Å². The monoisotopic (exact) mass is 415 g/mol. The van der Waals surface area contributed by atoms with Crippen molar-refractivity contribution in [2.45, 2.75) is 23.4 Å². The van der Waals surface area contributed by atoms with E-state index >= 15 is 0 Å². The van der Waals surface area contributed by atoms with Gasteiger partial charge in [0.2, 0.25) is 10.0 Å². The molecule has 0 unspecified atom stereocenters. The molecule has 2 aliphatic heterocycles. The third-order valence-electron chi connectivity index (χ3n) is 5.29. The zero-order chi connectivity index (χ0) is 19.4. The molecule has 5 rings (SSSR count). The first kappa shape index (κ1) is 17.5. The summed E-state index contributed by atoms with van der Waals surface area (Å²) in [6.07, 6.45) is 0.958. The highest BCUT2D eigenvalue weighted by Gasteiger charge is 2.43. The molecule has 1 saturated heterocycles. The van der Waals surface area contributed by atoms with Crippen molar-refractivity contribution in [2.24, 2.45) is 0 Å². The fourth-order valence-electron chi connectivity index (χ4n) is 3.82. The fraction of sp³-hybridized carbons (Fsp3) is 0.278. The van der Waals surface area contributed by atoms with E-state index in [2.05, 4.69) is 18.8 Å². The fourth-order valence-corrected chi connectivity index (χ4v) is 5.88. The summed E-state index contributed by atoms with van der Waals surface area (Å²) in [6, 6.07) is 12.2. The molecule has 0 aliphatic carbocycles. The number of hydrogen-bond acceptors (Lipinski definition) is 7. The van der Waals surface area contributed by atoms with Gasteiger partial charge in [0.05, 0.1) is 17.4 Å². The highest BCUT2D eigenvalue weighted by atomic mass is 32.2. The molecule has 2 N–H and O–H groups in total. The molecule has 0 radical (unpaired) electrons. The molecule has 3 heterocycles. The van der Waals surface area contributed by atoms with Crippen molar-refractivity contribution in [3.8, 4) is 0 Å². The molecular formula is C18H17N5O3S2.